The molecule has 0 radical (unpaired) electrons. The molecule has 2 rings (SSSR count). The Morgan fingerprint density at radius 2 is 2.10 bits per heavy atom. The largest absolute Gasteiger partial charge is 0.319 e. The number of anilines is 2. The number of aromatic amines is 1. The van der Waals surface area contributed by atoms with E-state index in [4.69, 9.17) is 5.14 Å². The van der Waals surface area contributed by atoms with Crippen molar-refractivity contribution in [1.29, 1.82) is 0 Å². The Bertz CT molecular complexity index is 755. The van der Waals surface area contributed by atoms with Gasteiger partial charge in [0, 0.05) is 12.1 Å². The summed E-state index contributed by atoms with van der Waals surface area (Å²) < 4.78 is 24.0. The van der Waals surface area contributed by atoms with Gasteiger partial charge in [-0.3, -0.25) is 14.6 Å². The molecule has 1 aromatic heterocycles. The second kappa shape index (κ2) is 5.89. The summed E-state index contributed by atoms with van der Waals surface area (Å²) in [7, 11) is -3.87. The molecule has 0 fully saturated rings. The standard InChI is InChI=1S/C11H14N6O3S/c1-2-9-14-10(16-15-9)11(18)13-7-4-3-5-8(6-7)17-21(12,19)20/h3-6,17H,2H2,1H3,(H,13,18)(H2,12,19,20)(H,14,15,16). The number of aryl methyl sites for hydroxylation is 1. The average molecular weight is 310 g/mol. The number of nitrogens with two attached hydrogens (primary N) is 1. The molecular formula is C11H14N6O3S. The minimum absolute atomic E-state index is 0.0108. The SMILES string of the molecule is CCc1nc(C(=O)Nc2cccc(NS(N)(=O)=O)c2)n[nH]1. The van der Waals surface area contributed by atoms with Gasteiger partial charge in [-0.25, -0.2) is 10.1 Å². The van der Waals surface area contributed by atoms with Crippen molar-refractivity contribution in [2.24, 2.45) is 5.14 Å². The molecule has 10 heteroatoms. The Hall–Kier alpha value is -2.46. The minimum Gasteiger partial charge on any atom is -0.319 e. The van der Waals surface area contributed by atoms with E-state index >= 15 is 0 Å². The summed E-state index contributed by atoms with van der Waals surface area (Å²) in [6.07, 6.45) is 0.633. The highest BCUT2D eigenvalue weighted by atomic mass is 32.2. The molecule has 1 amide bonds. The molecule has 2 aromatic rings. The summed E-state index contributed by atoms with van der Waals surface area (Å²) in [5.41, 5.74) is 0.621. The van der Waals surface area contributed by atoms with Gasteiger partial charge in [0.15, 0.2) is 0 Å². The van der Waals surface area contributed by atoms with Gasteiger partial charge in [0.05, 0.1) is 5.69 Å². The Labute approximate surface area is 121 Å². The van der Waals surface area contributed by atoms with Crippen molar-refractivity contribution in [1.82, 2.24) is 15.2 Å². The molecule has 0 unspecified atom stereocenters. The number of H-pyrrole nitrogens is 1. The second-order valence-electron chi connectivity index (χ2n) is 4.14. The van der Waals surface area contributed by atoms with Crippen LogP contribution in [0.5, 0.6) is 0 Å². The van der Waals surface area contributed by atoms with Crippen LogP contribution in [0.2, 0.25) is 0 Å². The molecule has 9 nitrogen and oxygen atoms in total. The zero-order valence-corrected chi connectivity index (χ0v) is 11.9. The van der Waals surface area contributed by atoms with Crippen LogP contribution < -0.4 is 15.2 Å². The number of hydrogen-bond donors (Lipinski definition) is 4. The maximum atomic E-state index is 11.9. The number of hydrogen-bond acceptors (Lipinski definition) is 5. The Morgan fingerprint density at radius 3 is 2.71 bits per heavy atom. The first-order valence-corrected chi connectivity index (χ1v) is 7.55. The lowest BCUT2D eigenvalue weighted by Gasteiger charge is -2.06. The van der Waals surface area contributed by atoms with Gasteiger partial charge in [0.2, 0.25) is 5.82 Å². The van der Waals surface area contributed by atoms with Crippen molar-refractivity contribution >= 4 is 27.5 Å². The molecule has 0 aliphatic heterocycles. The van der Waals surface area contributed by atoms with Gasteiger partial charge in [-0.15, -0.1) is 5.10 Å². The third kappa shape index (κ3) is 4.26. The van der Waals surface area contributed by atoms with E-state index in [0.29, 0.717) is 17.9 Å². The molecule has 0 aliphatic rings. The van der Waals surface area contributed by atoms with Crippen LogP contribution in [0.3, 0.4) is 0 Å². The summed E-state index contributed by atoms with van der Waals surface area (Å²) in [4.78, 5) is 15.9. The van der Waals surface area contributed by atoms with E-state index in [1.54, 1.807) is 12.1 Å². The average Bonchev–Trinajstić information content (AvgIpc) is 2.85. The monoisotopic (exact) mass is 310 g/mol. The number of nitrogens with zero attached hydrogens (tertiary/aromatic N) is 2. The highest BCUT2D eigenvalue weighted by molar-refractivity contribution is 7.90. The Balaban J connectivity index is 2.12. The molecule has 1 heterocycles. The van der Waals surface area contributed by atoms with Crippen molar-refractivity contribution in [3.05, 3.63) is 35.9 Å². The number of carbonyl (C=O) groups is 1. The van der Waals surface area contributed by atoms with E-state index in [-0.39, 0.29) is 11.5 Å². The zero-order valence-electron chi connectivity index (χ0n) is 11.1. The summed E-state index contributed by atoms with van der Waals surface area (Å²) in [6.45, 7) is 1.88. The van der Waals surface area contributed by atoms with Gasteiger partial charge in [0.25, 0.3) is 16.1 Å². The van der Waals surface area contributed by atoms with E-state index in [1.807, 2.05) is 6.92 Å². The highest BCUT2D eigenvalue weighted by Crippen LogP contribution is 2.16. The third-order valence-corrected chi connectivity index (χ3v) is 2.97. The second-order valence-corrected chi connectivity index (χ2v) is 5.44. The number of aromatic nitrogens is 3. The predicted molar refractivity (Wildman–Crippen MR) is 76.9 cm³/mol. The predicted octanol–water partition coefficient (Wildman–Crippen LogP) is 0.235. The van der Waals surface area contributed by atoms with Gasteiger partial charge in [-0.1, -0.05) is 13.0 Å². The maximum absolute atomic E-state index is 11.9. The van der Waals surface area contributed by atoms with Gasteiger partial charge in [-0.2, -0.15) is 8.42 Å². The smallest absolute Gasteiger partial charge is 0.296 e. The van der Waals surface area contributed by atoms with Crippen LogP contribution >= 0.6 is 0 Å². The van der Waals surface area contributed by atoms with Crippen molar-refractivity contribution in [2.45, 2.75) is 13.3 Å². The molecular weight excluding hydrogens is 296 g/mol. The van der Waals surface area contributed by atoms with Crippen LogP contribution in [0.1, 0.15) is 23.4 Å². The molecule has 0 atom stereocenters. The first-order chi connectivity index (χ1) is 9.87. The van der Waals surface area contributed by atoms with Gasteiger partial charge < -0.3 is 5.32 Å². The highest BCUT2D eigenvalue weighted by Gasteiger charge is 2.12. The van der Waals surface area contributed by atoms with E-state index in [9.17, 15) is 13.2 Å². The van der Waals surface area contributed by atoms with Crippen LogP contribution in [0.15, 0.2) is 24.3 Å². The fourth-order valence-corrected chi connectivity index (χ4v) is 2.02. The lowest BCUT2D eigenvalue weighted by atomic mass is 10.3. The van der Waals surface area contributed by atoms with Crippen molar-refractivity contribution < 1.29 is 13.2 Å². The maximum Gasteiger partial charge on any atom is 0.296 e. The van der Waals surface area contributed by atoms with Crippen LogP contribution in [0, 0.1) is 0 Å². The van der Waals surface area contributed by atoms with E-state index in [0.717, 1.165) is 0 Å². The molecule has 0 spiro atoms. The van der Waals surface area contributed by atoms with Gasteiger partial charge in [0.1, 0.15) is 5.82 Å². The summed E-state index contributed by atoms with van der Waals surface area (Å²) in [6, 6.07) is 6.09. The number of rotatable bonds is 5. The first-order valence-electron chi connectivity index (χ1n) is 6.00. The van der Waals surface area contributed by atoms with Crippen LogP contribution in [0.4, 0.5) is 11.4 Å². The van der Waals surface area contributed by atoms with Gasteiger partial charge >= 0.3 is 0 Å². The lowest BCUT2D eigenvalue weighted by Crippen LogP contribution is -2.21. The molecule has 0 saturated carbocycles. The van der Waals surface area contributed by atoms with Crippen molar-refractivity contribution in [2.75, 3.05) is 10.0 Å². The van der Waals surface area contributed by atoms with E-state index in [1.165, 1.54) is 12.1 Å². The number of benzene rings is 1. The number of amides is 1. The molecule has 0 aliphatic carbocycles. The number of nitrogens with one attached hydrogen (secondary N) is 3. The quantitative estimate of drug-likeness (QED) is 0.625. The topological polar surface area (TPSA) is 143 Å². The fourth-order valence-electron chi connectivity index (χ4n) is 1.57. The lowest BCUT2D eigenvalue weighted by molar-refractivity contribution is 0.101. The normalized spacial score (nSPS) is 11.1. The minimum atomic E-state index is -3.87. The fraction of sp³-hybridized carbons (Fsp3) is 0.182. The molecule has 112 valence electrons. The van der Waals surface area contributed by atoms with Crippen LogP contribution in [-0.2, 0) is 16.6 Å². The summed E-state index contributed by atoms with van der Waals surface area (Å²) in [5.74, 6) is 0.111. The van der Waals surface area contributed by atoms with Crippen LogP contribution in [-0.4, -0.2) is 29.5 Å². The van der Waals surface area contributed by atoms with Gasteiger partial charge in [-0.05, 0) is 18.2 Å². The molecule has 21 heavy (non-hydrogen) atoms. The van der Waals surface area contributed by atoms with E-state index < -0.39 is 16.1 Å². The van der Waals surface area contributed by atoms with Crippen molar-refractivity contribution in [3.8, 4) is 0 Å². The van der Waals surface area contributed by atoms with Crippen molar-refractivity contribution in [3.63, 3.8) is 0 Å². The Kier molecular flexibility index (Phi) is 4.19. The molecule has 0 saturated heterocycles. The first kappa shape index (κ1) is 14.9. The summed E-state index contributed by atoms with van der Waals surface area (Å²) in [5, 5.41) is 13.9. The summed E-state index contributed by atoms with van der Waals surface area (Å²) >= 11 is 0. The molecule has 1 aromatic carbocycles. The van der Waals surface area contributed by atoms with E-state index in [2.05, 4.69) is 25.2 Å². The Morgan fingerprint density at radius 1 is 1.38 bits per heavy atom. The zero-order chi connectivity index (χ0) is 15.5. The number of carbonyl (C=O) groups excluding carboxylic acids is 1. The molecule has 0 bridgehead atoms. The third-order valence-electron chi connectivity index (χ3n) is 2.45. The van der Waals surface area contributed by atoms with Crippen LogP contribution in [0.25, 0.3) is 0 Å². The molecule has 5 N–H and O–H groups in total.